The highest BCUT2D eigenvalue weighted by Crippen LogP contribution is 2.17. The van der Waals surface area contributed by atoms with E-state index >= 15 is 0 Å². The van der Waals surface area contributed by atoms with Crippen molar-refractivity contribution in [1.82, 2.24) is 20.2 Å². The highest BCUT2D eigenvalue weighted by Gasteiger charge is 2.08. The van der Waals surface area contributed by atoms with E-state index in [9.17, 15) is 4.79 Å². The second-order valence-corrected chi connectivity index (χ2v) is 3.78. The summed E-state index contributed by atoms with van der Waals surface area (Å²) in [6.45, 7) is 1.97. The van der Waals surface area contributed by atoms with Gasteiger partial charge in [0.1, 0.15) is 6.33 Å². The Hall–Kier alpha value is -2.24. The monoisotopic (exact) mass is 232 g/mol. The molecule has 2 rings (SSSR count). The number of carbonyl (C=O) groups is 1. The van der Waals surface area contributed by atoms with E-state index in [1.807, 2.05) is 25.1 Å². The van der Waals surface area contributed by atoms with Crippen LogP contribution in [0, 0.1) is 6.92 Å². The van der Waals surface area contributed by atoms with Gasteiger partial charge in [-0.25, -0.2) is 4.68 Å². The van der Waals surface area contributed by atoms with Gasteiger partial charge in [0.25, 0.3) is 0 Å². The number of carboxylic acids is 1. The SMILES string of the molecule is Cc1ccc(-n2cnnn2)c(CCC(=O)O)c1. The van der Waals surface area contributed by atoms with Crippen LogP contribution in [0.3, 0.4) is 0 Å². The Balaban J connectivity index is 2.34. The average molecular weight is 232 g/mol. The fraction of sp³-hybridized carbons (Fsp3) is 0.273. The zero-order valence-corrected chi connectivity index (χ0v) is 9.37. The van der Waals surface area contributed by atoms with E-state index in [1.165, 1.54) is 11.0 Å². The minimum atomic E-state index is -0.811. The van der Waals surface area contributed by atoms with Crippen molar-refractivity contribution < 1.29 is 9.90 Å². The molecule has 0 aliphatic carbocycles. The lowest BCUT2D eigenvalue weighted by Gasteiger charge is -2.08. The van der Waals surface area contributed by atoms with E-state index in [0.29, 0.717) is 6.42 Å². The first-order valence-corrected chi connectivity index (χ1v) is 5.21. The van der Waals surface area contributed by atoms with Crippen molar-refractivity contribution in [2.45, 2.75) is 19.8 Å². The third kappa shape index (κ3) is 2.66. The summed E-state index contributed by atoms with van der Waals surface area (Å²) in [7, 11) is 0. The predicted octanol–water partition coefficient (Wildman–Crippen LogP) is 0.988. The quantitative estimate of drug-likeness (QED) is 0.850. The molecule has 0 unspecified atom stereocenters. The van der Waals surface area contributed by atoms with E-state index in [-0.39, 0.29) is 6.42 Å². The first kappa shape index (κ1) is 11.3. The molecule has 0 saturated carbocycles. The number of hydrogen-bond acceptors (Lipinski definition) is 4. The average Bonchev–Trinajstić information content (AvgIpc) is 2.80. The van der Waals surface area contributed by atoms with Crippen LogP contribution in [-0.4, -0.2) is 31.3 Å². The molecule has 0 aliphatic rings. The summed E-state index contributed by atoms with van der Waals surface area (Å²) >= 11 is 0. The van der Waals surface area contributed by atoms with Crippen molar-refractivity contribution in [3.8, 4) is 5.69 Å². The lowest BCUT2D eigenvalue weighted by atomic mass is 10.0. The Morgan fingerprint density at radius 1 is 1.47 bits per heavy atom. The smallest absolute Gasteiger partial charge is 0.303 e. The fourth-order valence-corrected chi connectivity index (χ4v) is 1.65. The first-order chi connectivity index (χ1) is 8.16. The number of aliphatic carboxylic acids is 1. The molecule has 0 bridgehead atoms. The van der Waals surface area contributed by atoms with Crippen molar-refractivity contribution >= 4 is 5.97 Å². The molecule has 0 spiro atoms. The van der Waals surface area contributed by atoms with Gasteiger partial charge in [-0.1, -0.05) is 17.7 Å². The van der Waals surface area contributed by atoms with Crippen LogP contribution < -0.4 is 0 Å². The molecular weight excluding hydrogens is 220 g/mol. The highest BCUT2D eigenvalue weighted by atomic mass is 16.4. The van der Waals surface area contributed by atoms with Crippen LogP contribution >= 0.6 is 0 Å². The predicted molar refractivity (Wildman–Crippen MR) is 59.8 cm³/mol. The van der Waals surface area contributed by atoms with E-state index < -0.39 is 5.97 Å². The Bertz CT molecular complexity index is 522. The summed E-state index contributed by atoms with van der Waals surface area (Å²) in [5.41, 5.74) is 2.84. The second-order valence-electron chi connectivity index (χ2n) is 3.78. The van der Waals surface area contributed by atoms with Gasteiger partial charge in [0.15, 0.2) is 0 Å². The van der Waals surface area contributed by atoms with Crippen LogP contribution in [0.5, 0.6) is 0 Å². The third-order valence-corrected chi connectivity index (χ3v) is 2.44. The summed E-state index contributed by atoms with van der Waals surface area (Å²) in [6.07, 6.45) is 2.06. The number of aryl methyl sites for hydroxylation is 2. The first-order valence-electron chi connectivity index (χ1n) is 5.21. The van der Waals surface area contributed by atoms with Crippen LogP contribution in [-0.2, 0) is 11.2 Å². The minimum absolute atomic E-state index is 0.0958. The maximum atomic E-state index is 10.6. The molecule has 6 heteroatoms. The highest BCUT2D eigenvalue weighted by molar-refractivity contribution is 5.67. The number of aromatic nitrogens is 4. The second kappa shape index (κ2) is 4.73. The van der Waals surface area contributed by atoms with E-state index in [4.69, 9.17) is 5.11 Å². The van der Waals surface area contributed by atoms with Gasteiger partial charge in [0, 0.05) is 6.42 Å². The molecule has 0 atom stereocenters. The fourth-order valence-electron chi connectivity index (χ4n) is 1.65. The summed E-state index contributed by atoms with van der Waals surface area (Å²) in [4.78, 5) is 10.6. The van der Waals surface area contributed by atoms with Crippen LogP contribution in [0.2, 0.25) is 0 Å². The molecule has 1 aromatic heterocycles. The molecule has 0 saturated heterocycles. The van der Waals surface area contributed by atoms with Gasteiger partial charge in [-0.05, 0) is 35.4 Å². The Kier molecular flexibility index (Phi) is 3.13. The number of hydrogen-bond donors (Lipinski definition) is 1. The van der Waals surface area contributed by atoms with Gasteiger partial charge >= 0.3 is 5.97 Å². The number of rotatable bonds is 4. The molecule has 6 nitrogen and oxygen atoms in total. The standard InChI is InChI=1S/C11H12N4O2/c1-8-2-4-10(15-7-12-13-14-15)9(6-8)3-5-11(16)17/h2,4,6-7H,3,5H2,1H3,(H,16,17). The third-order valence-electron chi connectivity index (χ3n) is 2.44. The molecular formula is C11H12N4O2. The largest absolute Gasteiger partial charge is 0.481 e. The molecule has 0 radical (unpaired) electrons. The molecule has 0 amide bonds. The molecule has 0 aliphatic heterocycles. The van der Waals surface area contributed by atoms with Crippen LogP contribution in [0.25, 0.3) is 5.69 Å². The minimum Gasteiger partial charge on any atom is -0.481 e. The van der Waals surface area contributed by atoms with E-state index in [1.54, 1.807) is 0 Å². The van der Waals surface area contributed by atoms with Crippen molar-refractivity contribution in [2.24, 2.45) is 0 Å². The zero-order chi connectivity index (χ0) is 12.3. The number of nitrogens with zero attached hydrogens (tertiary/aromatic N) is 4. The van der Waals surface area contributed by atoms with Gasteiger partial charge in [-0.2, -0.15) is 0 Å². The van der Waals surface area contributed by atoms with Gasteiger partial charge < -0.3 is 5.11 Å². The van der Waals surface area contributed by atoms with Gasteiger partial charge in [0.2, 0.25) is 0 Å². The van der Waals surface area contributed by atoms with Crippen molar-refractivity contribution in [1.29, 1.82) is 0 Å². The van der Waals surface area contributed by atoms with Crippen LogP contribution in [0.1, 0.15) is 17.5 Å². The topological polar surface area (TPSA) is 80.9 Å². The summed E-state index contributed by atoms with van der Waals surface area (Å²) in [5, 5.41) is 19.7. The number of carboxylic acid groups (broad SMARTS) is 1. The van der Waals surface area contributed by atoms with Crippen molar-refractivity contribution in [3.05, 3.63) is 35.7 Å². The number of benzene rings is 1. The summed E-state index contributed by atoms with van der Waals surface area (Å²) in [5.74, 6) is -0.811. The normalized spacial score (nSPS) is 10.4. The van der Waals surface area contributed by atoms with Crippen LogP contribution in [0.4, 0.5) is 0 Å². The van der Waals surface area contributed by atoms with Gasteiger partial charge in [0.05, 0.1) is 5.69 Å². The molecule has 88 valence electrons. The molecule has 1 N–H and O–H groups in total. The Morgan fingerprint density at radius 3 is 2.94 bits per heavy atom. The maximum Gasteiger partial charge on any atom is 0.303 e. The lowest BCUT2D eigenvalue weighted by Crippen LogP contribution is -2.04. The molecule has 1 heterocycles. The molecule has 17 heavy (non-hydrogen) atoms. The molecule has 2 aromatic rings. The van der Waals surface area contributed by atoms with Crippen molar-refractivity contribution in [2.75, 3.05) is 0 Å². The van der Waals surface area contributed by atoms with Gasteiger partial charge in [-0.3, -0.25) is 4.79 Å². The molecule has 1 aromatic carbocycles. The Morgan fingerprint density at radius 2 is 2.29 bits per heavy atom. The zero-order valence-electron chi connectivity index (χ0n) is 9.37. The summed E-state index contributed by atoms with van der Waals surface area (Å²) < 4.78 is 1.54. The van der Waals surface area contributed by atoms with E-state index in [0.717, 1.165) is 16.8 Å². The van der Waals surface area contributed by atoms with Crippen LogP contribution in [0.15, 0.2) is 24.5 Å². The molecule has 0 fully saturated rings. The van der Waals surface area contributed by atoms with Gasteiger partial charge in [-0.15, -0.1) is 5.10 Å². The summed E-state index contributed by atoms with van der Waals surface area (Å²) in [6, 6.07) is 5.80. The maximum absolute atomic E-state index is 10.6. The lowest BCUT2D eigenvalue weighted by molar-refractivity contribution is -0.136. The van der Waals surface area contributed by atoms with Crippen molar-refractivity contribution in [3.63, 3.8) is 0 Å². The Labute approximate surface area is 97.9 Å². The van der Waals surface area contributed by atoms with E-state index in [2.05, 4.69) is 15.5 Å². The number of tetrazole rings is 1.